The van der Waals surface area contributed by atoms with Crippen molar-refractivity contribution < 1.29 is 19.4 Å². The summed E-state index contributed by atoms with van der Waals surface area (Å²) in [5.74, 6) is 1.31. The molecule has 4 aromatic carbocycles. The van der Waals surface area contributed by atoms with Crippen LogP contribution in [-0.2, 0) is 37.2 Å². The van der Waals surface area contributed by atoms with E-state index in [-0.39, 0.29) is 6.61 Å². The van der Waals surface area contributed by atoms with E-state index in [2.05, 4.69) is 32.6 Å². The number of aliphatic carboxylic acids is 1. The number of aromatic nitrogens is 2. The minimum Gasteiger partial charge on any atom is -0.489 e. The number of aryl methyl sites for hydroxylation is 3. The molecule has 0 unspecified atom stereocenters. The van der Waals surface area contributed by atoms with Gasteiger partial charge in [-0.3, -0.25) is 0 Å². The van der Waals surface area contributed by atoms with E-state index in [1.54, 1.807) is 12.1 Å². The molecule has 5 rings (SSSR count). The Balaban J connectivity index is 1.38. The number of para-hydroxylation sites is 1. The fourth-order valence-corrected chi connectivity index (χ4v) is 5.73. The molecular formula is C33H29BrCl2N2O4. The number of benzene rings is 4. The number of carbonyl (C=O) groups is 1. The Bertz CT molecular complexity index is 1740. The van der Waals surface area contributed by atoms with Gasteiger partial charge in [-0.25, -0.2) is 9.78 Å². The number of halogens is 3. The minimum atomic E-state index is -1.00. The highest BCUT2D eigenvalue weighted by Gasteiger charge is 2.15. The molecule has 1 heterocycles. The van der Waals surface area contributed by atoms with Crippen molar-refractivity contribution in [3.8, 4) is 11.5 Å². The van der Waals surface area contributed by atoms with Crippen LogP contribution in [0.4, 0.5) is 0 Å². The van der Waals surface area contributed by atoms with E-state index in [0.29, 0.717) is 41.8 Å². The Morgan fingerprint density at radius 3 is 2.50 bits per heavy atom. The molecule has 216 valence electrons. The molecule has 0 aliphatic rings. The van der Waals surface area contributed by atoms with Gasteiger partial charge in [0.05, 0.1) is 17.6 Å². The van der Waals surface area contributed by atoms with Crippen molar-refractivity contribution in [3.05, 3.63) is 121 Å². The topological polar surface area (TPSA) is 73.6 Å². The Morgan fingerprint density at radius 2 is 1.71 bits per heavy atom. The van der Waals surface area contributed by atoms with Crippen LogP contribution in [0.5, 0.6) is 11.5 Å². The number of carboxylic acid groups (broad SMARTS) is 1. The molecule has 0 saturated heterocycles. The van der Waals surface area contributed by atoms with Crippen LogP contribution in [0.1, 0.15) is 35.0 Å². The smallest absolute Gasteiger partial charge is 0.341 e. The lowest BCUT2D eigenvalue weighted by molar-refractivity contribution is -0.139. The summed E-state index contributed by atoms with van der Waals surface area (Å²) in [5, 5.41) is 10.2. The third-order valence-electron chi connectivity index (χ3n) is 6.97. The lowest BCUT2D eigenvalue weighted by Gasteiger charge is -2.16. The van der Waals surface area contributed by atoms with Crippen LogP contribution >= 0.6 is 39.1 Å². The summed E-state index contributed by atoms with van der Waals surface area (Å²) >= 11 is 16.1. The lowest BCUT2D eigenvalue weighted by atomic mass is 10.1. The molecule has 6 nitrogen and oxygen atoms in total. The van der Waals surface area contributed by atoms with Gasteiger partial charge in [-0.15, -0.1) is 0 Å². The summed E-state index contributed by atoms with van der Waals surface area (Å²) in [6, 6.07) is 25.5. The van der Waals surface area contributed by atoms with E-state index >= 15 is 0 Å². The Hall–Kier alpha value is -3.52. The lowest BCUT2D eigenvalue weighted by Crippen LogP contribution is -2.11. The zero-order valence-corrected chi connectivity index (χ0v) is 26.0. The van der Waals surface area contributed by atoms with E-state index < -0.39 is 5.97 Å². The molecule has 0 radical (unpaired) electrons. The number of ether oxygens (including phenoxy) is 2. The molecule has 0 bridgehead atoms. The zero-order chi connectivity index (χ0) is 29.6. The first-order valence-corrected chi connectivity index (χ1v) is 15.1. The normalized spacial score (nSPS) is 11.1. The number of nitrogens with zero attached hydrogens (tertiary/aromatic N) is 2. The van der Waals surface area contributed by atoms with Crippen molar-refractivity contribution in [1.82, 2.24) is 9.55 Å². The maximum Gasteiger partial charge on any atom is 0.341 e. The summed E-state index contributed by atoms with van der Waals surface area (Å²) in [6.45, 7) is 2.59. The first-order chi connectivity index (χ1) is 20.3. The molecule has 9 heteroatoms. The maximum absolute atomic E-state index is 10.9. The number of imidazole rings is 1. The predicted molar refractivity (Wildman–Crippen MR) is 170 cm³/mol. The van der Waals surface area contributed by atoms with Crippen LogP contribution in [0.15, 0.2) is 83.3 Å². The number of hydrogen-bond acceptors (Lipinski definition) is 4. The molecule has 1 aromatic heterocycles. The highest BCUT2D eigenvalue weighted by atomic mass is 79.9. The quantitative estimate of drug-likeness (QED) is 0.144. The van der Waals surface area contributed by atoms with Crippen LogP contribution in [0.2, 0.25) is 10.0 Å². The van der Waals surface area contributed by atoms with Crippen molar-refractivity contribution in [1.29, 1.82) is 0 Å². The molecule has 0 aliphatic heterocycles. The fraction of sp³-hybridized carbons (Fsp3) is 0.212. The Kier molecular flexibility index (Phi) is 9.73. The highest BCUT2D eigenvalue weighted by molar-refractivity contribution is 9.10. The molecule has 0 spiro atoms. The van der Waals surface area contributed by atoms with Gasteiger partial charge in [0.2, 0.25) is 0 Å². The monoisotopic (exact) mass is 666 g/mol. The molecule has 0 aliphatic carbocycles. The fourth-order valence-electron chi connectivity index (χ4n) is 4.88. The van der Waals surface area contributed by atoms with Gasteiger partial charge in [0, 0.05) is 26.5 Å². The molecule has 5 aromatic rings. The molecule has 0 atom stereocenters. The molecule has 42 heavy (non-hydrogen) atoms. The summed E-state index contributed by atoms with van der Waals surface area (Å²) < 4.78 is 15.0. The van der Waals surface area contributed by atoms with Crippen LogP contribution in [0.3, 0.4) is 0 Å². The maximum atomic E-state index is 10.9. The number of rotatable bonds is 12. The summed E-state index contributed by atoms with van der Waals surface area (Å²) in [4.78, 5) is 15.9. The minimum absolute atomic E-state index is 0.364. The SMILES string of the molecule is CCc1cc(COc2ccccc2Cn2c(CCc3ccc(Cl)cc3Cl)nc3cc(Br)ccc32)ccc1OCC(=O)O. The first kappa shape index (κ1) is 30.0. The standard InChI is InChI=1S/C33H29BrCl2N2O4/c1-2-22-15-21(7-13-31(22)42-20-33(39)40)19-41-30-6-4-3-5-24(30)18-38-29-12-10-25(34)16-28(29)37-32(38)14-9-23-8-11-26(35)17-27(23)36/h3-8,10-13,15-17H,2,9,14,18-20H2,1H3,(H,39,40). The predicted octanol–water partition coefficient (Wildman–Crippen LogP) is 8.54. The van der Waals surface area contributed by atoms with Gasteiger partial charge in [0.1, 0.15) is 23.9 Å². The van der Waals surface area contributed by atoms with Crippen molar-refractivity contribution in [2.24, 2.45) is 0 Å². The molecule has 0 saturated carbocycles. The highest BCUT2D eigenvalue weighted by Crippen LogP contribution is 2.28. The van der Waals surface area contributed by atoms with Crippen molar-refractivity contribution in [3.63, 3.8) is 0 Å². The summed E-state index contributed by atoms with van der Waals surface area (Å²) in [7, 11) is 0. The van der Waals surface area contributed by atoms with Gasteiger partial charge >= 0.3 is 5.97 Å². The van der Waals surface area contributed by atoms with E-state index in [9.17, 15) is 4.79 Å². The summed E-state index contributed by atoms with van der Waals surface area (Å²) in [6.07, 6.45) is 2.14. The average Bonchev–Trinajstić information content (AvgIpc) is 3.31. The molecule has 1 N–H and O–H groups in total. The second-order valence-corrected chi connectivity index (χ2v) is 11.6. The van der Waals surface area contributed by atoms with Crippen LogP contribution in [0, 0.1) is 0 Å². The van der Waals surface area contributed by atoms with Crippen LogP contribution in [-0.4, -0.2) is 27.2 Å². The zero-order valence-electron chi connectivity index (χ0n) is 22.9. The second kappa shape index (κ2) is 13.6. The third-order valence-corrected chi connectivity index (χ3v) is 8.05. The summed E-state index contributed by atoms with van der Waals surface area (Å²) in [5.41, 5.74) is 5.92. The molecule has 0 fully saturated rings. The van der Waals surface area contributed by atoms with Gasteiger partial charge in [0.15, 0.2) is 6.61 Å². The van der Waals surface area contributed by atoms with Crippen molar-refractivity contribution in [2.45, 2.75) is 39.3 Å². The van der Waals surface area contributed by atoms with Crippen molar-refractivity contribution in [2.75, 3.05) is 6.61 Å². The van der Waals surface area contributed by atoms with E-state index in [1.165, 1.54) is 0 Å². The van der Waals surface area contributed by atoms with Gasteiger partial charge in [-0.05, 0) is 78.1 Å². The molecule has 0 amide bonds. The van der Waals surface area contributed by atoms with Gasteiger partial charge in [-0.1, -0.05) is 76.4 Å². The van der Waals surface area contributed by atoms with Crippen molar-refractivity contribution >= 4 is 56.1 Å². The number of carboxylic acids is 1. The Morgan fingerprint density at radius 1 is 0.905 bits per heavy atom. The number of hydrogen-bond donors (Lipinski definition) is 1. The second-order valence-electron chi connectivity index (χ2n) is 9.86. The third kappa shape index (κ3) is 7.27. The largest absolute Gasteiger partial charge is 0.489 e. The van der Waals surface area contributed by atoms with Crippen LogP contribution in [0.25, 0.3) is 11.0 Å². The average molecular weight is 668 g/mol. The van der Waals surface area contributed by atoms with Crippen LogP contribution < -0.4 is 9.47 Å². The van der Waals surface area contributed by atoms with E-state index in [0.717, 1.165) is 55.8 Å². The van der Waals surface area contributed by atoms with Gasteiger partial charge < -0.3 is 19.1 Å². The molecular weight excluding hydrogens is 639 g/mol. The number of fused-ring (bicyclic) bond motifs is 1. The van der Waals surface area contributed by atoms with Gasteiger partial charge in [0.25, 0.3) is 0 Å². The van der Waals surface area contributed by atoms with Gasteiger partial charge in [-0.2, -0.15) is 0 Å². The Labute approximate surface area is 262 Å². The van der Waals surface area contributed by atoms with E-state index in [4.69, 9.17) is 42.8 Å². The first-order valence-electron chi connectivity index (χ1n) is 13.6. The van der Waals surface area contributed by atoms with E-state index in [1.807, 2.05) is 61.5 Å².